The molecule has 0 saturated carbocycles. The van der Waals surface area contributed by atoms with Gasteiger partial charge in [-0.1, -0.05) is 138 Å². The molecule has 0 N–H and O–H groups in total. The molecule has 1 atom stereocenters. The molecule has 0 bridgehead atoms. The lowest BCUT2D eigenvalue weighted by molar-refractivity contribution is 0.0255. The maximum atomic E-state index is 5.46. The first-order valence-corrected chi connectivity index (χ1v) is 15.7. The molecule has 0 spiro atoms. The molecular weight excluding hydrogens is 508 g/mol. The van der Waals surface area contributed by atoms with Crippen molar-refractivity contribution < 1.29 is 4.74 Å². The van der Waals surface area contributed by atoms with Crippen molar-refractivity contribution in [3.8, 4) is 0 Å². The molecule has 0 aliphatic carbocycles. The topological polar surface area (TPSA) is 9.23 Å². The van der Waals surface area contributed by atoms with E-state index in [1.54, 1.807) is 7.11 Å². The van der Waals surface area contributed by atoms with E-state index >= 15 is 0 Å². The van der Waals surface area contributed by atoms with Gasteiger partial charge in [-0.05, 0) is 107 Å². The van der Waals surface area contributed by atoms with Crippen molar-refractivity contribution in [3.05, 3.63) is 131 Å². The van der Waals surface area contributed by atoms with Crippen LogP contribution in [0.2, 0.25) is 0 Å². The molecule has 0 aliphatic rings. The third kappa shape index (κ3) is 24.9. The second kappa shape index (κ2) is 23.6. The van der Waals surface area contributed by atoms with E-state index in [4.69, 9.17) is 4.74 Å². The summed E-state index contributed by atoms with van der Waals surface area (Å²) < 4.78 is 5.46. The van der Waals surface area contributed by atoms with Crippen molar-refractivity contribution in [2.24, 2.45) is 5.92 Å². The largest absolute Gasteiger partial charge is 0.378 e. The Balaban J connectivity index is 4.54. The summed E-state index contributed by atoms with van der Waals surface area (Å²) in [6.07, 6.45) is 41.7. The van der Waals surface area contributed by atoms with Crippen molar-refractivity contribution in [1.82, 2.24) is 0 Å². The minimum absolute atomic E-state index is 0.109. The van der Waals surface area contributed by atoms with E-state index < -0.39 is 0 Å². The molecule has 1 unspecified atom stereocenters. The van der Waals surface area contributed by atoms with E-state index in [0.29, 0.717) is 5.92 Å². The lowest BCUT2D eigenvalue weighted by Crippen LogP contribution is -2.20. The summed E-state index contributed by atoms with van der Waals surface area (Å²) in [5, 5.41) is 0. The molecule has 232 valence electrons. The molecule has 0 aliphatic heterocycles. The van der Waals surface area contributed by atoms with Crippen molar-refractivity contribution in [2.75, 3.05) is 7.11 Å². The van der Waals surface area contributed by atoms with Crippen LogP contribution in [0.5, 0.6) is 0 Å². The second-order valence-electron chi connectivity index (χ2n) is 12.5. The first-order chi connectivity index (χ1) is 19.8. The Hall–Kier alpha value is -2.90. The van der Waals surface area contributed by atoms with Gasteiger partial charge in [0.1, 0.15) is 0 Å². The summed E-state index contributed by atoms with van der Waals surface area (Å²) >= 11 is 0. The lowest BCUT2D eigenvalue weighted by atomic mass is 10.0. The van der Waals surface area contributed by atoms with Gasteiger partial charge in [-0.3, -0.25) is 0 Å². The van der Waals surface area contributed by atoms with E-state index in [9.17, 15) is 0 Å². The first kappa shape index (κ1) is 39.1. The third-order valence-electron chi connectivity index (χ3n) is 6.92. The summed E-state index contributed by atoms with van der Waals surface area (Å²) in [6, 6.07) is 0. The molecule has 0 rings (SSSR count). The van der Waals surface area contributed by atoms with Gasteiger partial charge in [-0.2, -0.15) is 0 Å². The monoisotopic (exact) mass is 570 g/mol. The van der Waals surface area contributed by atoms with Crippen molar-refractivity contribution in [1.29, 1.82) is 0 Å². The molecule has 0 aromatic carbocycles. The van der Waals surface area contributed by atoms with Crippen LogP contribution >= 0.6 is 0 Å². The van der Waals surface area contributed by atoms with Gasteiger partial charge >= 0.3 is 0 Å². The van der Waals surface area contributed by atoms with Gasteiger partial charge in [-0.25, -0.2) is 0 Å². The maximum Gasteiger partial charge on any atom is 0.0657 e. The number of rotatable bonds is 19. The standard InChI is InChI=1S/C41H62O/c1-34(2)20-14-23-37(5)26-17-29-38(6)27-15-24-35(3)21-12-13-22-36(4)25-16-28-39(7)30-18-31-40(8)32-19-33-41(9,10)42-11/h12-13,15-16,18-22,24-27,30-32,39H,14,17,23,28-29,33H2,1-11H3/b13-12-,24-15+,25-16+,30-18+,32-19+,35-21+,36-22+,37-26+,38-27-,40-31+. The molecule has 0 aromatic heterocycles. The lowest BCUT2D eigenvalue weighted by Gasteiger charge is -2.20. The van der Waals surface area contributed by atoms with Gasteiger partial charge in [0.25, 0.3) is 0 Å². The SMILES string of the molecule is COC(C)(C)C/C=C/C(C)=C/C=C/C(C)C/C=C/C(C)=C/C=C\C=C(C)\C=C\C=C(\C)CC/C=C(\C)CCC=C(C)C. The average Bonchev–Trinajstić information content (AvgIpc) is 2.91. The molecule has 0 radical (unpaired) electrons. The molecule has 0 aromatic rings. The number of ether oxygens (including phenoxy) is 1. The van der Waals surface area contributed by atoms with Crippen LogP contribution in [0.4, 0.5) is 0 Å². The molecule has 0 fully saturated rings. The highest BCUT2D eigenvalue weighted by Gasteiger charge is 2.12. The summed E-state index contributed by atoms with van der Waals surface area (Å²) in [5.41, 5.74) is 7.95. The maximum absolute atomic E-state index is 5.46. The quantitative estimate of drug-likeness (QED) is 0.111. The van der Waals surface area contributed by atoms with Crippen LogP contribution in [0.3, 0.4) is 0 Å². The van der Waals surface area contributed by atoms with E-state index in [2.05, 4.69) is 166 Å². The highest BCUT2D eigenvalue weighted by atomic mass is 16.5. The fourth-order valence-electron chi connectivity index (χ4n) is 3.82. The fraction of sp³-hybridized carbons (Fsp3) is 0.463. The minimum Gasteiger partial charge on any atom is -0.378 e. The van der Waals surface area contributed by atoms with Crippen LogP contribution in [-0.2, 0) is 4.74 Å². The Morgan fingerprint density at radius 3 is 1.81 bits per heavy atom. The minimum atomic E-state index is -0.109. The van der Waals surface area contributed by atoms with Gasteiger partial charge in [0.05, 0.1) is 5.60 Å². The predicted octanol–water partition coefficient (Wildman–Crippen LogP) is 12.9. The van der Waals surface area contributed by atoms with E-state index in [-0.39, 0.29) is 5.60 Å². The number of allylic oxidation sites excluding steroid dienone is 21. The third-order valence-corrected chi connectivity index (χ3v) is 6.92. The smallest absolute Gasteiger partial charge is 0.0657 e. The number of hydrogen-bond acceptors (Lipinski definition) is 1. The van der Waals surface area contributed by atoms with Crippen molar-refractivity contribution >= 4 is 0 Å². The van der Waals surface area contributed by atoms with Crippen LogP contribution in [-0.4, -0.2) is 12.7 Å². The van der Waals surface area contributed by atoms with Gasteiger partial charge in [0.2, 0.25) is 0 Å². The Morgan fingerprint density at radius 1 is 0.643 bits per heavy atom. The molecule has 0 heterocycles. The number of hydrogen-bond donors (Lipinski definition) is 0. The van der Waals surface area contributed by atoms with Crippen LogP contribution in [0.15, 0.2) is 131 Å². The molecule has 1 heteroatoms. The normalized spacial score (nSPS) is 15.8. The van der Waals surface area contributed by atoms with E-state index in [1.807, 2.05) is 0 Å². The molecule has 1 nitrogen and oxygen atoms in total. The van der Waals surface area contributed by atoms with Gasteiger partial charge in [0, 0.05) is 7.11 Å². The summed E-state index contributed by atoms with van der Waals surface area (Å²) in [6.45, 7) is 21.7. The Labute approximate surface area is 261 Å². The van der Waals surface area contributed by atoms with Crippen LogP contribution in [0.25, 0.3) is 0 Å². The van der Waals surface area contributed by atoms with Gasteiger partial charge in [0.15, 0.2) is 0 Å². The summed E-state index contributed by atoms with van der Waals surface area (Å²) in [7, 11) is 1.76. The molecule has 0 amide bonds. The molecule has 0 saturated heterocycles. The molecular formula is C41H62O. The highest BCUT2D eigenvalue weighted by Crippen LogP contribution is 2.15. The fourth-order valence-corrected chi connectivity index (χ4v) is 3.82. The van der Waals surface area contributed by atoms with Crippen LogP contribution < -0.4 is 0 Å². The van der Waals surface area contributed by atoms with E-state index in [1.165, 1.54) is 39.9 Å². The average molecular weight is 571 g/mol. The van der Waals surface area contributed by atoms with Crippen molar-refractivity contribution in [2.45, 2.75) is 113 Å². The Morgan fingerprint density at radius 2 is 1.19 bits per heavy atom. The first-order valence-electron chi connectivity index (χ1n) is 15.7. The Bertz CT molecular complexity index is 1100. The summed E-state index contributed by atoms with van der Waals surface area (Å²) in [5.74, 6) is 0.498. The zero-order valence-electron chi connectivity index (χ0n) is 29.0. The number of methoxy groups -OCH3 is 1. The van der Waals surface area contributed by atoms with Crippen molar-refractivity contribution in [3.63, 3.8) is 0 Å². The van der Waals surface area contributed by atoms with Gasteiger partial charge < -0.3 is 4.74 Å². The highest BCUT2D eigenvalue weighted by molar-refractivity contribution is 5.29. The van der Waals surface area contributed by atoms with Crippen LogP contribution in [0, 0.1) is 5.92 Å². The summed E-state index contributed by atoms with van der Waals surface area (Å²) in [4.78, 5) is 0. The van der Waals surface area contributed by atoms with Crippen LogP contribution in [0.1, 0.15) is 108 Å². The zero-order chi connectivity index (χ0) is 31.8. The molecule has 42 heavy (non-hydrogen) atoms. The predicted molar refractivity (Wildman–Crippen MR) is 192 cm³/mol. The second-order valence-corrected chi connectivity index (χ2v) is 12.5. The van der Waals surface area contributed by atoms with Gasteiger partial charge in [-0.15, -0.1) is 0 Å². The zero-order valence-corrected chi connectivity index (χ0v) is 29.0. The van der Waals surface area contributed by atoms with E-state index in [0.717, 1.165) is 32.1 Å². The Kier molecular flexibility index (Phi) is 22.0.